The van der Waals surface area contributed by atoms with Gasteiger partial charge in [0.2, 0.25) is 0 Å². The van der Waals surface area contributed by atoms with Crippen LogP contribution in [0, 0.1) is 11.2 Å². The lowest BCUT2D eigenvalue weighted by molar-refractivity contribution is 0.0378. The number of pyridine rings is 1. The number of likely N-dealkylation sites (tertiary alicyclic amines) is 1. The predicted molar refractivity (Wildman–Crippen MR) is 139 cm³/mol. The zero-order valence-corrected chi connectivity index (χ0v) is 21.2. The molecule has 0 saturated carbocycles. The largest absolute Gasteiger partial charge is 0.497 e. The molecule has 2 aromatic carbocycles. The lowest BCUT2D eigenvalue weighted by Gasteiger charge is -2.41. The van der Waals surface area contributed by atoms with E-state index in [-0.39, 0.29) is 17.8 Å². The van der Waals surface area contributed by atoms with Crippen LogP contribution < -0.4 is 4.74 Å². The molecule has 1 fully saturated rings. The maximum atomic E-state index is 13.1. The lowest BCUT2D eigenvalue weighted by atomic mass is 9.75. The van der Waals surface area contributed by atoms with Crippen molar-refractivity contribution < 1.29 is 14.2 Å². The number of halogens is 2. The van der Waals surface area contributed by atoms with E-state index >= 15 is 0 Å². The molecule has 0 aliphatic carbocycles. The molecule has 1 saturated heterocycles. The van der Waals surface area contributed by atoms with Crippen molar-refractivity contribution in [3.63, 3.8) is 0 Å². The number of hydrogen-bond donors (Lipinski definition) is 1. The molecular formula is C27H32ClFN2O2S. The maximum Gasteiger partial charge on any atom is 0.123 e. The molecular weight excluding hydrogens is 471 g/mol. The molecule has 0 radical (unpaired) electrons. The van der Waals surface area contributed by atoms with Gasteiger partial charge in [0.15, 0.2) is 0 Å². The van der Waals surface area contributed by atoms with Crippen molar-refractivity contribution in [2.45, 2.75) is 37.0 Å². The molecule has 0 bridgehead atoms. The number of piperidine rings is 1. The summed E-state index contributed by atoms with van der Waals surface area (Å²) in [6.07, 6.45) is 6.54. The fourth-order valence-electron chi connectivity index (χ4n) is 4.79. The number of aliphatic hydroxyl groups is 1. The molecule has 182 valence electrons. The molecule has 1 N–H and O–H groups in total. The van der Waals surface area contributed by atoms with E-state index in [4.69, 9.17) is 16.3 Å². The van der Waals surface area contributed by atoms with Crippen molar-refractivity contribution in [2.24, 2.45) is 5.41 Å². The number of aryl methyl sites for hydroxylation is 1. The fourth-order valence-corrected chi connectivity index (χ4v) is 5.94. The first kappa shape index (κ1) is 25.2. The van der Waals surface area contributed by atoms with Crippen molar-refractivity contribution >= 4 is 34.3 Å². The maximum absolute atomic E-state index is 13.1. The Morgan fingerprint density at radius 1 is 1.18 bits per heavy atom. The van der Waals surface area contributed by atoms with Gasteiger partial charge in [-0.25, -0.2) is 4.39 Å². The minimum Gasteiger partial charge on any atom is -0.497 e. The Labute approximate surface area is 210 Å². The highest BCUT2D eigenvalue weighted by molar-refractivity contribution is 7.99. The van der Waals surface area contributed by atoms with Crippen LogP contribution in [0.15, 0.2) is 53.6 Å². The Bertz CT molecular complexity index is 1090. The van der Waals surface area contributed by atoms with Crippen LogP contribution in [0.1, 0.15) is 31.2 Å². The first-order valence-corrected chi connectivity index (χ1v) is 13.2. The van der Waals surface area contributed by atoms with Gasteiger partial charge in [-0.2, -0.15) is 0 Å². The SMILES string of the molecule is COc1ccc2ncc(Cl)c(CCCC3(CO)CCN(CCSc4ccc(F)cc4)CC3)c2c1. The van der Waals surface area contributed by atoms with Crippen LogP contribution in [-0.2, 0) is 6.42 Å². The summed E-state index contributed by atoms with van der Waals surface area (Å²) >= 11 is 8.29. The van der Waals surface area contributed by atoms with E-state index in [1.807, 2.05) is 30.3 Å². The van der Waals surface area contributed by atoms with Crippen molar-refractivity contribution in [1.29, 1.82) is 0 Å². The van der Waals surface area contributed by atoms with Gasteiger partial charge in [-0.15, -0.1) is 11.8 Å². The first-order valence-electron chi connectivity index (χ1n) is 11.8. The van der Waals surface area contributed by atoms with E-state index in [9.17, 15) is 9.50 Å². The zero-order chi connectivity index (χ0) is 24.0. The number of thioether (sulfide) groups is 1. The van der Waals surface area contributed by atoms with E-state index in [1.165, 1.54) is 12.1 Å². The minimum absolute atomic E-state index is 0.0202. The second kappa shape index (κ2) is 11.7. The molecule has 7 heteroatoms. The van der Waals surface area contributed by atoms with Crippen LogP contribution in [-0.4, -0.2) is 54.1 Å². The van der Waals surface area contributed by atoms with Crippen LogP contribution in [0.3, 0.4) is 0 Å². The number of fused-ring (bicyclic) bond motifs is 1. The Hall–Kier alpha value is -1.86. The van der Waals surface area contributed by atoms with Crippen molar-refractivity contribution in [3.8, 4) is 5.75 Å². The van der Waals surface area contributed by atoms with Gasteiger partial charge in [0.25, 0.3) is 0 Å². The summed E-state index contributed by atoms with van der Waals surface area (Å²) in [5.41, 5.74) is 2.01. The zero-order valence-electron chi connectivity index (χ0n) is 19.6. The topological polar surface area (TPSA) is 45.6 Å². The van der Waals surface area contributed by atoms with Crippen LogP contribution in [0.2, 0.25) is 5.02 Å². The van der Waals surface area contributed by atoms with Crippen molar-refractivity contribution in [2.75, 3.05) is 39.1 Å². The smallest absolute Gasteiger partial charge is 0.123 e. The molecule has 1 aliphatic rings. The Kier molecular flexibility index (Phi) is 8.70. The summed E-state index contributed by atoms with van der Waals surface area (Å²) in [6, 6.07) is 12.6. The molecule has 4 rings (SSSR count). The van der Waals surface area contributed by atoms with Crippen LogP contribution >= 0.6 is 23.4 Å². The van der Waals surface area contributed by atoms with Gasteiger partial charge in [-0.05, 0) is 98.6 Å². The van der Waals surface area contributed by atoms with Gasteiger partial charge in [-0.3, -0.25) is 4.98 Å². The van der Waals surface area contributed by atoms with Gasteiger partial charge in [0, 0.05) is 35.4 Å². The first-order chi connectivity index (χ1) is 16.5. The van der Waals surface area contributed by atoms with E-state index in [0.29, 0.717) is 5.02 Å². The Morgan fingerprint density at radius 2 is 1.94 bits per heavy atom. The molecule has 0 atom stereocenters. The second-order valence-electron chi connectivity index (χ2n) is 9.12. The number of ether oxygens (including phenoxy) is 1. The van der Waals surface area contributed by atoms with Gasteiger partial charge in [0.05, 0.1) is 17.6 Å². The quantitative estimate of drug-likeness (QED) is 0.333. The van der Waals surface area contributed by atoms with Crippen LogP contribution in [0.4, 0.5) is 4.39 Å². The molecule has 34 heavy (non-hydrogen) atoms. The average molecular weight is 503 g/mol. The van der Waals surface area contributed by atoms with Gasteiger partial charge >= 0.3 is 0 Å². The highest BCUT2D eigenvalue weighted by Gasteiger charge is 2.33. The monoisotopic (exact) mass is 502 g/mol. The minimum atomic E-state index is -0.195. The van der Waals surface area contributed by atoms with Crippen molar-refractivity contribution in [1.82, 2.24) is 9.88 Å². The summed E-state index contributed by atoms with van der Waals surface area (Å²) in [5.74, 6) is 1.59. The Morgan fingerprint density at radius 3 is 2.65 bits per heavy atom. The van der Waals surface area contributed by atoms with Crippen LogP contribution in [0.5, 0.6) is 5.75 Å². The normalized spacial score (nSPS) is 16.1. The number of hydrogen-bond acceptors (Lipinski definition) is 5. The summed E-state index contributed by atoms with van der Waals surface area (Å²) in [5, 5.41) is 12.0. The molecule has 3 aromatic rings. The summed E-state index contributed by atoms with van der Waals surface area (Å²) in [6.45, 7) is 3.23. The average Bonchev–Trinajstić information content (AvgIpc) is 2.87. The predicted octanol–water partition coefficient (Wildman–Crippen LogP) is 6.23. The third-order valence-corrected chi connectivity index (χ3v) is 8.33. The molecule has 4 nitrogen and oxygen atoms in total. The van der Waals surface area contributed by atoms with Crippen LogP contribution in [0.25, 0.3) is 10.9 Å². The number of aliphatic hydroxyl groups excluding tert-OH is 1. The highest BCUT2D eigenvalue weighted by atomic mass is 35.5. The number of rotatable bonds is 10. The Balaban J connectivity index is 1.28. The third kappa shape index (κ3) is 6.22. The fraction of sp³-hybridized carbons (Fsp3) is 0.444. The van der Waals surface area contributed by atoms with E-state index in [0.717, 1.165) is 84.6 Å². The number of nitrogens with zero attached hydrogens (tertiary/aromatic N) is 2. The van der Waals surface area contributed by atoms with E-state index < -0.39 is 0 Å². The summed E-state index contributed by atoms with van der Waals surface area (Å²) < 4.78 is 18.5. The number of aromatic nitrogens is 1. The number of methoxy groups -OCH3 is 1. The van der Waals surface area contributed by atoms with Gasteiger partial charge in [-0.1, -0.05) is 11.6 Å². The molecule has 0 spiro atoms. The number of benzene rings is 2. The molecule has 1 aliphatic heterocycles. The van der Waals surface area contributed by atoms with E-state index in [2.05, 4.69) is 9.88 Å². The third-order valence-electron chi connectivity index (χ3n) is 7.01. The van der Waals surface area contributed by atoms with E-state index in [1.54, 1.807) is 25.1 Å². The molecule has 0 amide bonds. The second-order valence-corrected chi connectivity index (χ2v) is 10.7. The standard InChI is InChI=1S/C27H32ClFN2O2S/c1-33-21-6-9-26-24(17-21)23(25(28)18-30-26)3-2-10-27(19-32)11-13-31(14-12-27)15-16-34-22-7-4-20(29)5-8-22/h4-9,17-18,32H,2-3,10-16,19H2,1H3. The van der Waals surface area contributed by atoms with Gasteiger partial charge < -0.3 is 14.7 Å². The summed E-state index contributed by atoms with van der Waals surface area (Å²) in [7, 11) is 1.66. The highest BCUT2D eigenvalue weighted by Crippen LogP contribution is 2.37. The molecule has 0 unspecified atom stereocenters. The molecule has 1 aromatic heterocycles. The summed E-state index contributed by atoms with van der Waals surface area (Å²) in [4.78, 5) is 8.03. The van der Waals surface area contributed by atoms with Crippen molar-refractivity contribution in [3.05, 3.63) is 65.1 Å². The lowest BCUT2D eigenvalue weighted by Crippen LogP contribution is -2.42. The molecule has 2 heterocycles. The van der Waals surface area contributed by atoms with Gasteiger partial charge in [0.1, 0.15) is 11.6 Å².